The van der Waals surface area contributed by atoms with Crippen LogP contribution in [-0.2, 0) is 4.79 Å². The van der Waals surface area contributed by atoms with Gasteiger partial charge in [-0.15, -0.1) is 0 Å². The first-order valence-corrected chi connectivity index (χ1v) is 2.11. The van der Waals surface area contributed by atoms with Gasteiger partial charge in [-0.25, -0.2) is 5.01 Å². The van der Waals surface area contributed by atoms with E-state index in [4.69, 9.17) is 5.84 Å². The van der Waals surface area contributed by atoms with Crippen molar-refractivity contribution in [1.82, 2.24) is 5.01 Å². The van der Waals surface area contributed by atoms with Gasteiger partial charge in [0.25, 0.3) is 0 Å². The van der Waals surface area contributed by atoms with E-state index in [1.165, 1.54) is 5.01 Å². The number of rotatable bonds is 2. The highest BCUT2D eigenvalue weighted by molar-refractivity contribution is 5.56. The van der Waals surface area contributed by atoms with E-state index >= 15 is 0 Å². The van der Waals surface area contributed by atoms with Crippen LogP contribution in [0, 0.1) is 0 Å². The van der Waals surface area contributed by atoms with Crippen molar-refractivity contribution >= 4 is 6.29 Å². The van der Waals surface area contributed by atoms with Crippen LogP contribution in [0.4, 0.5) is 0 Å². The first-order valence-electron chi connectivity index (χ1n) is 2.11. The molecular formula is C4H10N2O. The normalized spacial score (nSPS) is 14.3. The second kappa shape index (κ2) is 2.71. The maximum absolute atomic E-state index is 9.82. The number of nitrogens with two attached hydrogens (primary N) is 1. The van der Waals surface area contributed by atoms with Gasteiger partial charge in [0.1, 0.15) is 6.29 Å². The molecule has 0 fully saturated rings. The van der Waals surface area contributed by atoms with Gasteiger partial charge in [-0.1, -0.05) is 0 Å². The highest BCUT2D eigenvalue weighted by Gasteiger charge is 1.98. The second-order valence-corrected chi connectivity index (χ2v) is 1.54. The Balaban J connectivity index is 3.33. The second-order valence-electron chi connectivity index (χ2n) is 1.54. The van der Waals surface area contributed by atoms with Crippen LogP contribution < -0.4 is 5.84 Å². The molecule has 1 atom stereocenters. The minimum Gasteiger partial charge on any atom is -0.302 e. The molecule has 0 spiro atoms. The predicted molar refractivity (Wildman–Crippen MR) is 27.5 cm³/mol. The number of carbonyl (C=O) groups is 1. The van der Waals surface area contributed by atoms with Gasteiger partial charge < -0.3 is 4.79 Å². The largest absolute Gasteiger partial charge is 0.302 e. The summed E-state index contributed by atoms with van der Waals surface area (Å²) < 4.78 is 0. The van der Waals surface area contributed by atoms with E-state index < -0.39 is 0 Å². The Labute approximate surface area is 43.1 Å². The lowest BCUT2D eigenvalue weighted by atomic mass is 10.4. The van der Waals surface area contributed by atoms with Gasteiger partial charge in [-0.3, -0.25) is 5.84 Å². The van der Waals surface area contributed by atoms with Gasteiger partial charge in [0.2, 0.25) is 0 Å². The fourth-order valence-corrected chi connectivity index (χ4v) is 0.0960. The third kappa shape index (κ3) is 2.31. The molecule has 0 radical (unpaired) electrons. The lowest BCUT2D eigenvalue weighted by molar-refractivity contribution is -0.111. The first-order chi connectivity index (χ1) is 3.18. The highest BCUT2D eigenvalue weighted by Crippen LogP contribution is 1.78. The van der Waals surface area contributed by atoms with Crippen molar-refractivity contribution in [3.8, 4) is 0 Å². The van der Waals surface area contributed by atoms with Gasteiger partial charge >= 0.3 is 0 Å². The zero-order chi connectivity index (χ0) is 5.86. The Morgan fingerprint density at radius 2 is 2.29 bits per heavy atom. The number of hydrogen-bond acceptors (Lipinski definition) is 3. The van der Waals surface area contributed by atoms with Crippen LogP contribution in [0.5, 0.6) is 0 Å². The van der Waals surface area contributed by atoms with Crippen LogP contribution in [0.1, 0.15) is 6.92 Å². The van der Waals surface area contributed by atoms with E-state index in [9.17, 15) is 4.79 Å². The summed E-state index contributed by atoms with van der Waals surface area (Å²) in [7, 11) is 1.65. The standard InChI is InChI=1S/C4H10N2O/c1-4(3-7)6(2)5/h3-4H,5H2,1-2H3/t4-/m1/s1. The van der Waals surface area contributed by atoms with Crippen molar-refractivity contribution in [2.75, 3.05) is 7.05 Å². The van der Waals surface area contributed by atoms with Gasteiger partial charge in [0, 0.05) is 7.05 Å². The summed E-state index contributed by atoms with van der Waals surface area (Å²) in [6.07, 6.45) is 0.792. The van der Waals surface area contributed by atoms with Crippen LogP contribution in [0.3, 0.4) is 0 Å². The zero-order valence-electron chi connectivity index (χ0n) is 4.59. The number of hydrogen-bond donors (Lipinski definition) is 1. The molecule has 0 aliphatic rings. The topological polar surface area (TPSA) is 46.3 Å². The molecule has 42 valence electrons. The molecule has 3 heteroatoms. The molecule has 0 bridgehead atoms. The number of hydrazine groups is 1. The molecule has 0 saturated carbocycles. The molecule has 0 aromatic rings. The zero-order valence-corrected chi connectivity index (χ0v) is 4.59. The summed E-state index contributed by atoms with van der Waals surface area (Å²) in [4.78, 5) is 9.82. The Hall–Kier alpha value is -0.410. The Morgan fingerprint density at radius 1 is 1.86 bits per heavy atom. The van der Waals surface area contributed by atoms with Crippen LogP contribution in [0.15, 0.2) is 0 Å². The summed E-state index contributed by atoms with van der Waals surface area (Å²) in [6.45, 7) is 1.73. The molecule has 0 aliphatic heterocycles. The summed E-state index contributed by atoms with van der Waals surface area (Å²) in [6, 6.07) is -0.167. The molecule has 0 amide bonds. The Kier molecular flexibility index (Phi) is 2.55. The third-order valence-electron chi connectivity index (χ3n) is 0.839. The molecule has 2 N–H and O–H groups in total. The minimum atomic E-state index is -0.167. The maximum Gasteiger partial charge on any atom is 0.138 e. The molecule has 0 unspecified atom stereocenters. The van der Waals surface area contributed by atoms with E-state index in [2.05, 4.69) is 0 Å². The molecule has 0 rings (SSSR count). The van der Waals surface area contributed by atoms with E-state index in [1.54, 1.807) is 14.0 Å². The number of likely N-dealkylation sites (N-methyl/N-ethyl adjacent to an activating group) is 1. The summed E-state index contributed by atoms with van der Waals surface area (Å²) in [5, 5.41) is 1.35. The number of aldehydes is 1. The van der Waals surface area contributed by atoms with Gasteiger partial charge in [0.15, 0.2) is 0 Å². The molecular weight excluding hydrogens is 92.1 g/mol. The first kappa shape index (κ1) is 6.59. The van der Waals surface area contributed by atoms with E-state index in [0.29, 0.717) is 0 Å². The van der Waals surface area contributed by atoms with Crippen molar-refractivity contribution in [1.29, 1.82) is 0 Å². The minimum absolute atomic E-state index is 0.167. The average Bonchev–Trinajstić information content (AvgIpc) is 1.65. The molecule has 0 aliphatic carbocycles. The number of carbonyl (C=O) groups excluding carboxylic acids is 1. The lowest BCUT2D eigenvalue weighted by Crippen LogP contribution is -2.36. The van der Waals surface area contributed by atoms with Gasteiger partial charge in [-0.05, 0) is 6.92 Å². The monoisotopic (exact) mass is 102 g/mol. The van der Waals surface area contributed by atoms with Crippen molar-refractivity contribution in [3.05, 3.63) is 0 Å². The fourth-order valence-electron chi connectivity index (χ4n) is 0.0960. The smallest absolute Gasteiger partial charge is 0.138 e. The van der Waals surface area contributed by atoms with Crippen LogP contribution >= 0.6 is 0 Å². The SMILES string of the molecule is C[C@H](C=O)N(C)N. The molecule has 7 heavy (non-hydrogen) atoms. The van der Waals surface area contributed by atoms with Crippen molar-refractivity contribution in [2.24, 2.45) is 5.84 Å². The third-order valence-corrected chi connectivity index (χ3v) is 0.839. The van der Waals surface area contributed by atoms with Crippen molar-refractivity contribution < 1.29 is 4.79 Å². The van der Waals surface area contributed by atoms with Crippen LogP contribution in [0.25, 0.3) is 0 Å². The van der Waals surface area contributed by atoms with E-state index in [-0.39, 0.29) is 6.04 Å². The quantitative estimate of drug-likeness (QED) is 0.287. The van der Waals surface area contributed by atoms with Gasteiger partial charge in [0.05, 0.1) is 6.04 Å². The van der Waals surface area contributed by atoms with E-state index in [1.807, 2.05) is 0 Å². The fraction of sp³-hybridized carbons (Fsp3) is 0.750. The molecule has 0 saturated heterocycles. The lowest BCUT2D eigenvalue weighted by Gasteiger charge is -2.10. The number of nitrogens with zero attached hydrogens (tertiary/aromatic N) is 1. The Bertz CT molecular complexity index is 62.7. The highest BCUT2D eigenvalue weighted by atomic mass is 16.1. The average molecular weight is 102 g/mol. The van der Waals surface area contributed by atoms with Gasteiger partial charge in [-0.2, -0.15) is 0 Å². The van der Waals surface area contributed by atoms with E-state index in [0.717, 1.165) is 6.29 Å². The van der Waals surface area contributed by atoms with Crippen molar-refractivity contribution in [2.45, 2.75) is 13.0 Å². The molecule has 0 aromatic heterocycles. The summed E-state index contributed by atoms with van der Waals surface area (Å²) in [5.74, 6) is 5.15. The predicted octanol–water partition coefficient (Wildman–Crippen LogP) is -0.621. The summed E-state index contributed by atoms with van der Waals surface area (Å²) in [5.41, 5.74) is 0. The Morgan fingerprint density at radius 3 is 2.29 bits per heavy atom. The maximum atomic E-state index is 9.82. The molecule has 0 heterocycles. The van der Waals surface area contributed by atoms with Crippen molar-refractivity contribution in [3.63, 3.8) is 0 Å². The van der Waals surface area contributed by atoms with Crippen LogP contribution in [0.2, 0.25) is 0 Å². The summed E-state index contributed by atoms with van der Waals surface area (Å²) >= 11 is 0. The molecule has 0 aromatic carbocycles. The molecule has 3 nitrogen and oxygen atoms in total. The van der Waals surface area contributed by atoms with Crippen LogP contribution in [-0.4, -0.2) is 24.4 Å².